The molecule has 5 heteroatoms. The summed E-state index contributed by atoms with van der Waals surface area (Å²) >= 11 is 0. The Hall–Kier alpha value is -1.10. The van der Waals surface area contributed by atoms with Gasteiger partial charge >= 0.3 is 0 Å². The number of carbonyl (C=O) groups is 1. The standard InChI is InChI=1S/C12H22N2O3/c1-3-17-11(13)7-6-10(9-16-2)14-8-4-5-12(14)15/h10,13H,3-9H2,1-2H3. The van der Waals surface area contributed by atoms with Crippen molar-refractivity contribution in [3.8, 4) is 0 Å². The molecule has 0 spiro atoms. The average Bonchev–Trinajstić information content (AvgIpc) is 2.71. The van der Waals surface area contributed by atoms with Gasteiger partial charge in [0.15, 0.2) is 5.90 Å². The summed E-state index contributed by atoms with van der Waals surface area (Å²) in [6.45, 7) is 3.74. The van der Waals surface area contributed by atoms with Crippen LogP contribution in [0.1, 0.15) is 32.6 Å². The van der Waals surface area contributed by atoms with E-state index in [1.165, 1.54) is 0 Å². The average molecular weight is 242 g/mol. The summed E-state index contributed by atoms with van der Waals surface area (Å²) in [7, 11) is 1.64. The Kier molecular flexibility index (Phi) is 5.97. The molecule has 1 aliphatic rings. The Labute approximate surface area is 103 Å². The molecule has 1 amide bonds. The minimum Gasteiger partial charge on any atom is -0.481 e. The predicted molar refractivity (Wildman–Crippen MR) is 65.2 cm³/mol. The van der Waals surface area contributed by atoms with E-state index in [0.29, 0.717) is 32.0 Å². The molecule has 1 saturated heterocycles. The van der Waals surface area contributed by atoms with Gasteiger partial charge in [-0.25, -0.2) is 0 Å². The zero-order valence-corrected chi connectivity index (χ0v) is 10.7. The quantitative estimate of drug-likeness (QED) is 0.542. The van der Waals surface area contributed by atoms with Gasteiger partial charge in [-0.2, -0.15) is 0 Å². The molecule has 1 heterocycles. The van der Waals surface area contributed by atoms with E-state index in [9.17, 15) is 4.79 Å². The van der Waals surface area contributed by atoms with Crippen molar-refractivity contribution in [1.82, 2.24) is 4.90 Å². The molecule has 0 aliphatic carbocycles. The SMILES string of the molecule is CCOC(=N)CCC(COC)N1CCCC1=O. The number of rotatable bonds is 7. The molecule has 1 atom stereocenters. The third-order valence-corrected chi connectivity index (χ3v) is 2.93. The summed E-state index contributed by atoms with van der Waals surface area (Å²) in [5.74, 6) is 0.496. The fraction of sp³-hybridized carbons (Fsp3) is 0.833. The second-order valence-corrected chi connectivity index (χ2v) is 4.19. The normalized spacial score (nSPS) is 17.3. The summed E-state index contributed by atoms with van der Waals surface area (Å²) in [5.41, 5.74) is 0. The van der Waals surface area contributed by atoms with Gasteiger partial charge in [0.2, 0.25) is 5.91 Å². The van der Waals surface area contributed by atoms with Crippen molar-refractivity contribution in [1.29, 1.82) is 5.41 Å². The number of methoxy groups -OCH3 is 1. The third kappa shape index (κ3) is 4.34. The predicted octanol–water partition coefficient (Wildman–Crippen LogP) is 1.42. The molecule has 1 fully saturated rings. The number of likely N-dealkylation sites (tertiary alicyclic amines) is 1. The summed E-state index contributed by atoms with van der Waals surface area (Å²) in [5, 5.41) is 7.57. The van der Waals surface area contributed by atoms with Crippen LogP contribution in [0, 0.1) is 5.41 Å². The van der Waals surface area contributed by atoms with Crippen molar-refractivity contribution in [3.63, 3.8) is 0 Å². The van der Waals surface area contributed by atoms with Gasteiger partial charge in [-0.3, -0.25) is 10.2 Å². The van der Waals surface area contributed by atoms with Crippen LogP contribution in [0.4, 0.5) is 0 Å². The minimum atomic E-state index is 0.0795. The highest BCUT2D eigenvalue weighted by Crippen LogP contribution is 2.17. The Morgan fingerprint density at radius 1 is 1.59 bits per heavy atom. The molecule has 0 saturated carbocycles. The van der Waals surface area contributed by atoms with Crippen molar-refractivity contribution < 1.29 is 14.3 Å². The van der Waals surface area contributed by atoms with E-state index in [1.807, 2.05) is 11.8 Å². The summed E-state index contributed by atoms with van der Waals surface area (Å²) < 4.78 is 10.3. The summed E-state index contributed by atoms with van der Waals surface area (Å²) in [6.07, 6.45) is 2.87. The van der Waals surface area contributed by atoms with Crippen molar-refractivity contribution >= 4 is 11.8 Å². The first-order chi connectivity index (χ1) is 8.19. The van der Waals surface area contributed by atoms with E-state index >= 15 is 0 Å². The molecule has 0 bridgehead atoms. The second kappa shape index (κ2) is 7.27. The van der Waals surface area contributed by atoms with Crippen LogP contribution in [-0.4, -0.2) is 49.6 Å². The van der Waals surface area contributed by atoms with Crippen LogP contribution in [0.25, 0.3) is 0 Å². The van der Waals surface area contributed by atoms with Crippen molar-refractivity contribution in [2.75, 3.05) is 26.9 Å². The second-order valence-electron chi connectivity index (χ2n) is 4.19. The summed E-state index contributed by atoms with van der Waals surface area (Å²) in [4.78, 5) is 13.5. The minimum absolute atomic E-state index is 0.0795. The lowest BCUT2D eigenvalue weighted by atomic mass is 10.1. The third-order valence-electron chi connectivity index (χ3n) is 2.93. The van der Waals surface area contributed by atoms with E-state index in [0.717, 1.165) is 19.4 Å². The fourth-order valence-corrected chi connectivity index (χ4v) is 2.12. The molecular formula is C12H22N2O3. The van der Waals surface area contributed by atoms with Crippen LogP contribution in [-0.2, 0) is 14.3 Å². The van der Waals surface area contributed by atoms with Crippen molar-refractivity contribution in [3.05, 3.63) is 0 Å². The molecular weight excluding hydrogens is 220 g/mol. The lowest BCUT2D eigenvalue weighted by molar-refractivity contribution is -0.130. The van der Waals surface area contributed by atoms with Gasteiger partial charge in [-0.15, -0.1) is 0 Å². The maximum Gasteiger partial charge on any atom is 0.222 e. The van der Waals surface area contributed by atoms with Gasteiger partial charge in [0, 0.05) is 26.5 Å². The first kappa shape index (κ1) is 14.0. The van der Waals surface area contributed by atoms with Crippen LogP contribution in [0.2, 0.25) is 0 Å². The van der Waals surface area contributed by atoms with Crippen molar-refractivity contribution in [2.24, 2.45) is 0 Å². The fourth-order valence-electron chi connectivity index (χ4n) is 2.12. The van der Waals surface area contributed by atoms with Crippen LogP contribution >= 0.6 is 0 Å². The van der Waals surface area contributed by atoms with Crippen LogP contribution < -0.4 is 0 Å². The summed E-state index contributed by atoms with van der Waals surface area (Å²) in [6, 6.07) is 0.0795. The van der Waals surface area contributed by atoms with Gasteiger partial charge in [-0.05, 0) is 19.8 Å². The zero-order valence-electron chi connectivity index (χ0n) is 10.7. The molecule has 0 aromatic rings. The molecule has 0 aromatic heterocycles. The first-order valence-electron chi connectivity index (χ1n) is 6.17. The van der Waals surface area contributed by atoms with Crippen LogP contribution in [0.5, 0.6) is 0 Å². The van der Waals surface area contributed by atoms with Gasteiger partial charge in [-0.1, -0.05) is 0 Å². The maximum atomic E-state index is 11.6. The van der Waals surface area contributed by atoms with E-state index in [2.05, 4.69) is 0 Å². The molecule has 98 valence electrons. The highest BCUT2D eigenvalue weighted by atomic mass is 16.5. The highest BCUT2D eigenvalue weighted by Gasteiger charge is 2.27. The smallest absolute Gasteiger partial charge is 0.222 e. The van der Waals surface area contributed by atoms with Gasteiger partial charge in [0.1, 0.15) is 0 Å². The largest absolute Gasteiger partial charge is 0.481 e. The Morgan fingerprint density at radius 2 is 2.35 bits per heavy atom. The van der Waals surface area contributed by atoms with E-state index in [4.69, 9.17) is 14.9 Å². The molecule has 1 aliphatic heterocycles. The monoisotopic (exact) mass is 242 g/mol. The highest BCUT2D eigenvalue weighted by molar-refractivity contribution is 5.78. The zero-order chi connectivity index (χ0) is 12.7. The molecule has 5 nitrogen and oxygen atoms in total. The Balaban J connectivity index is 2.42. The number of hydrogen-bond acceptors (Lipinski definition) is 4. The van der Waals surface area contributed by atoms with Gasteiger partial charge in [0.05, 0.1) is 19.3 Å². The first-order valence-corrected chi connectivity index (χ1v) is 6.17. The molecule has 1 N–H and O–H groups in total. The van der Waals surface area contributed by atoms with Crippen LogP contribution in [0.3, 0.4) is 0 Å². The lowest BCUT2D eigenvalue weighted by Gasteiger charge is -2.27. The molecule has 0 radical (unpaired) electrons. The number of carbonyl (C=O) groups excluding carboxylic acids is 1. The van der Waals surface area contributed by atoms with E-state index in [-0.39, 0.29) is 11.9 Å². The van der Waals surface area contributed by atoms with E-state index < -0.39 is 0 Å². The topological polar surface area (TPSA) is 62.6 Å². The number of hydrogen-bond donors (Lipinski definition) is 1. The van der Waals surface area contributed by atoms with E-state index in [1.54, 1.807) is 7.11 Å². The molecule has 0 aromatic carbocycles. The Morgan fingerprint density at radius 3 is 2.88 bits per heavy atom. The van der Waals surface area contributed by atoms with Crippen LogP contribution in [0.15, 0.2) is 0 Å². The Bertz CT molecular complexity index is 268. The lowest BCUT2D eigenvalue weighted by Crippen LogP contribution is -2.39. The maximum absolute atomic E-state index is 11.6. The molecule has 1 unspecified atom stereocenters. The van der Waals surface area contributed by atoms with Gasteiger partial charge in [0.25, 0.3) is 0 Å². The van der Waals surface area contributed by atoms with Crippen molar-refractivity contribution in [2.45, 2.75) is 38.6 Å². The molecule has 17 heavy (non-hydrogen) atoms. The number of nitrogens with zero attached hydrogens (tertiary/aromatic N) is 1. The van der Waals surface area contributed by atoms with Gasteiger partial charge < -0.3 is 14.4 Å². The number of amides is 1. The molecule has 1 rings (SSSR count). The number of ether oxygens (including phenoxy) is 2. The number of nitrogens with one attached hydrogen (secondary N) is 1.